The summed E-state index contributed by atoms with van der Waals surface area (Å²) in [6.07, 6.45) is 0.989. The van der Waals surface area contributed by atoms with Crippen LogP contribution in [0.4, 0.5) is 5.69 Å². The normalized spacial score (nSPS) is 17.7. The number of benzene rings is 1. The SMILES string of the molecule is CCn1nnnc1SCC(=O)N1CCC(C)Sc2ccccc21. The fourth-order valence-electron chi connectivity index (χ4n) is 2.45. The molecular formula is C15H19N5OS2. The summed E-state index contributed by atoms with van der Waals surface area (Å²) in [7, 11) is 0. The number of anilines is 1. The first-order valence-corrected chi connectivity index (χ1v) is 9.50. The van der Waals surface area contributed by atoms with Crippen molar-refractivity contribution in [1.82, 2.24) is 20.2 Å². The summed E-state index contributed by atoms with van der Waals surface area (Å²) in [6, 6.07) is 8.13. The molecule has 23 heavy (non-hydrogen) atoms. The lowest BCUT2D eigenvalue weighted by molar-refractivity contribution is -0.116. The minimum Gasteiger partial charge on any atom is -0.311 e. The number of nitrogens with zero attached hydrogens (tertiary/aromatic N) is 5. The Balaban J connectivity index is 1.74. The number of hydrogen-bond acceptors (Lipinski definition) is 6. The van der Waals surface area contributed by atoms with Gasteiger partial charge in [0.15, 0.2) is 0 Å². The molecule has 0 aliphatic carbocycles. The highest BCUT2D eigenvalue weighted by molar-refractivity contribution is 8.00. The molecule has 122 valence electrons. The van der Waals surface area contributed by atoms with Crippen molar-refractivity contribution in [3.05, 3.63) is 24.3 Å². The summed E-state index contributed by atoms with van der Waals surface area (Å²) in [5, 5.41) is 12.7. The highest BCUT2D eigenvalue weighted by Gasteiger charge is 2.24. The van der Waals surface area contributed by atoms with E-state index in [0.717, 1.165) is 18.7 Å². The van der Waals surface area contributed by atoms with E-state index in [1.54, 1.807) is 4.68 Å². The molecule has 2 aromatic rings. The number of aromatic nitrogens is 4. The van der Waals surface area contributed by atoms with Gasteiger partial charge in [0.05, 0.1) is 11.4 Å². The van der Waals surface area contributed by atoms with E-state index in [2.05, 4.69) is 28.5 Å². The summed E-state index contributed by atoms with van der Waals surface area (Å²) in [5.74, 6) is 0.441. The Morgan fingerprint density at radius 2 is 2.26 bits per heavy atom. The smallest absolute Gasteiger partial charge is 0.237 e. The molecule has 0 spiro atoms. The third-order valence-electron chi connectivity index (χ3n) is 3.67. The first-order valence-electron chi connectivity index (χ1n) is 7.64. The van der Waals surface area contributed by atoms with E-state index in [0.29, 0.717) is 22.7 Å². The van der Waals surface area contributed by atoms with E-state index in [-0.39, 0.29) is 5.91 Å². The molecule has 1 aromatic carbocycles. The van der Waals surface area contributed by atoms with E-state index in [4.69, 9.17) is 0 Å². The Morgan fingerprint density at radius 1 is 1.43 bits per heavy atom. The number of hydrogen-bond donors (Lipinski definition) is 0. The predicted octanol–water partition coefficient (Wildman–Crippen LogP) is 2.70. The van der Waals surface area contributed by atoms with Gasteiger partial charge >= 0.3 is 0 Å². The molecule has 0 bridgehead atoms. The van der Waals surface area contributed by atoms with Gasteiger partial charge in [-0.05, 0) is 35.9 Å². The number of thioether (sulfide) groups is 2. The van der Waals surface area contributed by atoms with Crippen molar-refractivity contribution < 1.29 is 4.79 Å². The van der Waals surface area contributed by atoms with Crippen LogP contribution in [0.15, 0.2) is 34.3 Å². The summed E-state index contributed by atoms with van der Waals surface area (Å²) < 4.78 is 1.70. The van der Waals surface area contributed by atoms with E-state index >= 15 is 0 Å². The molecule has 1 unspecified atom stereocenters. The van der Waals surface area contributed by atoms with Crippen LogP contribution < -0.4 is 4.90 Å². The van der Waals surface area contributed by atoms with Crippen molar-refractivity contribution in [2.24, 2.45) is 0 Å². The molecule has 0 radical (unpaired) electrons. The largest absolute Gasteiger partial charge is 0.311 e. The van der Waals surface area contributed by atoms with Crippen LogP contribution in [0.5, 0.6) is 0 Å². The number of fused-ring (bicyclic) bond motifs is 1. The molecule has 0 saturated heterocycles. The van der Waals surface area contributed by atoms with Crippen LogP contribution in [0.25, 0.3) is 0 Å². The van der Waals surface area contributed by atoms with E-state index in [1.165, 1.54) is 16.7 Å². The van der Waals surface area contributed by atoms with Gasteiger partial charge in [-0.2, -0.15) is 0 Å². The lowest BCUT2D eigenvalue weighted by Crippen LogP contribution is -2.33. The molecule has 0 N–H and O–H groups in total. The van der Waals surface area contributed by atoms with Crippen LogP contribution in [0.3, 0.4) is 0 Å². The highest BCUT2D eigenvalue weighted by Crippen LogP contribution is 2.37. The molecule has 8 heteroatoms. The fraction of sp³-hybridized carbons (Fsp3) is 0.467. The van der Waals surface area contributed by atoms with Crippen LogP contribution >= 0.6 is 23.5 Å². The molecule has 2 heterocycles. The zero-order valence-corrected chi connectivity index (χ0v) is 14.8. The summed E-state index contributed by atoms with van der Waals surface area (Å²) in [6.45, 7) is 5.64. The van der Waals surface area contributed by atoms with Crippen molar-refractivity contribution in [3.8, 4) is 0 Å². The van der Waals surface area contributed by atoms with Gasteiger partial charge in [0, 0.05) is 23.2 Å². The molecule has 3 rings (SSSR count). The number of rotatable bonds is 4. The van der Waals surface area contributed by atoms with Crippen molar-refractivity contribution in [1.29, 1.82) is 0 Å². The second kappa shape index (κ2) is 7.35. The molecule has 1 aliphatic rings. The monoisotopic (exact) mass is 349 g/mol. The Bertz CT molecular complexity index is 690. The minimum atomic E-state index is 0.0998. The van der Waals surface area contributed by atoms with E-state index in [1.807, 2.05) is 41.8 Å². The number of para-hydroxylation sites is 1. The predicted molar refractivity (Wildman–Crippen MR) is 92.9 cm³/mol. The molecule has 1 atom stereocenters. The zero-order chi connectivity index (χ0) is 16.2. The quantitative estimate of drug-likeness (QED) is 0.791. The third-order valence-corrected chi connectivity index (χ3v) is 5.85. The molecular weight excluding hydrogens is 330 g/mol. The van der Waals surface area contributed by atoms with Crippen LogP contribution in [0.1, 0.15) is 20.3 Å². The van der Waals surface area contributed by atoms with E-state index in [9.17, 15) is 4.79 Å². The van der Waals surface area contributed by atoms with Crippen molar-refractivity contribution in [2.45, 2.75) is 42.1 Å². The van der Waals surface area contributed by atoms with Gasteiger partial charge in [-0.15, -0.1) is 16.9 Å². The maximum absolute atomic E-state index is 12.7. The molecule has 6 nitrogen and oxygen atoms in total. The van der Waals surface area contributed by atoms with Crippen LogP contribution in [-0.4, -0.2) is 43.7 Å². The van der Waals surface area contributed by atoms with Crippen molar-refractivity contribution in [2.75, 3.05) is 17.2 Å². The van der Waals surface area contributed by atoms with Gasteiger partial charge in [-0.3, -0.25) is 4.79 Å². The molecule has 1 aliphatic heterocycles. The van der Waals surface area contributed by atoms with Gasteiger partial charge in [-0.25, -0.2) is 4.68 Å². The van der Waals surface area contributed by atoms with Gasteiger partial charge < -0.3 is 4.90 Å². The maximum Gasteiger partial charge on any atom is 0.237 e. The highest BCUT2D eigenvalue weighted by atomic mass is 32.2. The summed E-state index contributed by atoms with van der Waals surface area (Å²) >= 11 is 3.23. The Morgan fingerprint density at radius 3 is 3.09 bits per heavy atom. The fourth-order valence-corrected chi connectivity index (χ4v) is 4.38. The Kier molecular flexibility index (Phi) is 5.22. The summed E-state index contributed by atoms with van der Waals surface area (Å²) in [4.78, 5) is 15.8. The minimum absolute atomic E-state index is 0.0998. The Hall–Kier alpha value is -1.54. The van der Waals surface area contributed by atoms with Crippen LogP contribution in [0.2, 0.25) is 0 Å². The number of amides is 1. The van der Waals surface area contributed by atoms with Crippen LogP contribution in [-0.2, 0) is 11.3 Å². The Labute approximate surface area is 144 Å². The lowest BCUT2D eigenvalue weighted by atomic mass is 10.2. The first kappa shape index (κ1) is 16.3. The van der Waals surface area contributed by atoms with Gasteiger partial charge in [0.1, 0.15) is 0 Å². The zero-order valence-electron chi connectivity index (χ0n) is 13.2. The standard InChI is InChI=1S/C15H19N5OS2/c1-3-20-15(16-17-18-20)22-10-14(21)19-9-8-11(2)23-13-7-5-4-6-12(13)19/h4-7,11H,3,8-10H2,1-2H3. The number of carbonyl (C=O) groups excluding carboxylic acids is 1. The number of tetrazole rings is 1. The van der Waals surface area contributed by atoms with Gasteiger partial charge in [-0.1, -0.05) is 30.8 Å². The molecule has 0 saturated carbocycles. The molecule has 1 aromatic heterocycles. The third kappa shape index (κ3) is 3.69. The van der Waals surface area contributed by atoms with E-state index < -0.39 is 0 Å². The second-order valence-electron chi connectivity index (χ2n) is 5.30. The maximum atomic E-state index is 12.7. The van der Waals surface area contributed by atoms with Crippen LogP contribution in [0, 0.1) is 0 Å². The topological polar surface area (TPSA) is 63.9 Å². The average molecular weight is 349 g/mol. The van der Waals surface area contributed by atoms with Crippen molar-refractivity contribution in [3.63, 3.8) is 0 Å². The van der Waals surface area contributed by atoms with Crippen molar-refractivity contribution >= 4 is 35.1 Å². The lowest BCUT2D eigenvalue weighted by Gasteiger charge is -2.22. The average Bonchev–Trinajstić information content (AvgIpc) is 2.94. The first-order chi connectivity index (χ1) is 11.2. The number of carbonyl (C=O) groups is 1. The second-order valence-corrected chi connectivity index (χ2v) is 7.72. The molecule has 0 fully saturated rings. The van der Waals surface area contributed by atoms with Gasteiger partial charge in [0.2, 0.25) is 11.1 Å². The van der Waals surface area contributed by atoms with Gasteiger partial charge in [0.25, 0.3) is 0 Å². The number of aryl methyl sites for hydroxylation is 1. The molecule has 1 amide bonds. The summed E-state index contributed by atoms with van der Waals surface area (Å²) in [5.41, 5.74) is 1.02.